The van der Waals surface area contributed by atoms with Crippen LogP contribution in [0.1, 0.15) is 48.0 Å². The lowest BCUT2D eigenvalue weighted by Crippen LogP contribution is -2.71. The van der Waals surface area contributed by atoms with E-state index in [0.29, 0.717) is 0 Å². The van der Waals surface area contributed by atoms with Crippen molar-refractivity contribution >= 4 is 41.4 Å². The van der Waals surface area contributed by atoms with E-state index in [1.54, 1.807) is 0 Å². The molecule has 10 aliphatic rings. The van der Waals surface area contributed by atoms with Gasteiger partial charge < -0.3 is 265 Å². The van der Waals surface area contributed by atoms with Gasteiger partial charge in [-0.25, -0.2) is 4.79 Å². The van der Waals surface area contributed by atoms with Crippen LogP contribution in [0.5, 0.6) is 0 Å². The monoisotopic (exact) mass is 1970 g/mol. The summed E-state index contributed by atoms with van der Waals surface area (Å²) < 4.78 is 116. The molecule has 0 bridgehead atoms. The molecule has 60 heteroatoms. The van der Waals surface area contributed by atoms with Crippen LogP contribution < -0.4 is 31.9 Å². The van der Waals surface area contributed by atoms with Crippen molar-refractivity contribution in [1.29, 1.82) is 0 Å². The van der Waals surface area contributed by atoms with Gasteiger partial charge in [0, 0.05) is 48.0 Å². The molecule has 0 aromatic rings. The third-order valence-corrected chi connectivity index (χ3v) is 24.3. The van der Waals surface area contributed by atoms with E-state index in [4.69, 9.17) is 90.0 Å². The molecular formula is C75H124N6O54. The summed E-state index contributed by atoms with van der Waals surface area (Å²) in [7, 11) is 0. The Kier molecular flexibility index (Phi) is 40.0. The van der Waals surface area contributed by atoms with Crippen molar-refractivity contribution in [2.75, 3.05) is 66.1 Å². The number of hydrogen-bond donors (Lipinski definition) is 34. The number of carboxylic acid groups (broad SMARTS) is 1. The fraction of sp³-hybridized carbons (Fsp3) is 0.907. The molecule has 60 nitrogen and oxygen atoms in total. The summed E-state index contributed by atoms with van der Waals surface area (Å²) in [5.74, 6) is -11.3. The molecule has 0 aliphatic carbocycles. The van der Waals surface area contributed by atoms with Crippen molar-refractivity contribution in [3.05, 3.63) is 0 Å². The maximum absolute atomic E-state index is 13.4. The van der Waals surface area contributed by atoms with Crippen LogP contribution in [0.2, 0.25) is 0 Å². The van der Waals surface area contributed by atoms with Crippen molar-refractivity contribution < 1.29 is 267 Å². The summed E-state index contributed by atoms with van der Waals surface area (Å²) in [4.78, 5) is 90.5. The standard InChI is InChI=1S/C75H124N6O54/c1-18(91)76-35-24(97)7-75(74(115)116,134-60(35)41(99)25(98)8-82)135-61-46(104)30(13-87)121-70(54(61)112)128-57-33(16-90)125-69(40(51(57)109)81-23(6)96)132-63-52(110)44(102)28(11-85)122-72(63)117-17-34-59(130-66-37(78-20(3)93)47(105)42(100)26(9-83)119-66)62(131-73-64(53(111)45(103)29(12-86)123-73)133-67-38(79-21(4)94)48(106)43(101)27(10-84)120-67)55(113)71(126-34)129-58-32(15-89)124-68(39(50(58)108)80-22(5)95)127-56-31(14-88)118-65(114)36(49(56)107)77-19(2)92/h24-73,82-90,97-114H,7-17H2,1-6H3,(H,76,91)(H,77,92)(H,78,93)(H,79,94)(H,80,95)(H,81,96)(H,115,116)/t24-,25+,26+,27+,28+,29+,30+,31+,32+,33+,34+,35+,36-,37+,38+,39+,40+,41+,42+,43+,44+,45+,46-,47+,48+,49+,50+,51+,52-,53-,54+,55-,56+,57+,58+,59+,60+,61-,62+,63-,64-,65+,66-,67-,68-,69-,70-,71-,72-,73+,75-/m0/s1. The largest absolute Gasteiger partial charge is 0.477 e. The number of nitrogens with one attached hydrogen (secondary N) is 6. The first-order valence-corrected chi connectivity index (χ1v) is 42.8. The predicted molar refractivity (Wildman–Crippen MR) is 416 cm³/mol. The quantitative estimate of drug-likeness (QED) is 0.0275. The Morgan fingerprint density at radius 2 is 0.600 bits per heavy atom. The SMILES string of the molecule is CC(=O)N[C@H]1[C@H](O[C@H]2[C@H](O)[C@H](NC(C)=O)[C@H](O)O[C@@H]2CO)O[C@H](CO)[C@@H](O[C@@H]2O[C@H](CO[C@H]3O[C@H](CO)[C@@H](O)[C@H](O)[C@@H]3O[C@@H]3O[C@H](CO)[C@@H](O[C@@H]4O[C@H](CO)[C@H](O)[C@H](O[C@]5(C(=O)O)C[C@H](O)[C@@H](NC(C)=O)[C@H]([C@H](O)[C@H](O)CO)O5)[C@H]4O)[C@H](O)[C@H]3NC(C)=O)[C@@H](O[C@@H]3O[C@H](CO)[C@@H](O)[C@H](O)[C@H]3NC(C)=O)[C@H](O[C@H]3O[C@H](CO)[C@@H](O)[C@H](O)[C@@H]3O[C@@H]3O[C@H](CO)[C@@H](O)[C@H](O)[C@H]3NC(C)=O)[C@@H]2O)[C@@H]1O. The van der Waals surface area contributed by atoms with Gasteiger partial charge in [-0.15, -0.1) is 0 Å². The van der Waals surface area contributed by atoms with Gasteiger partial charge in [0.2, 0.25) is 35.4 Å². The van der Waals surface area contributed by atoms with Crippen LogP contribution in [-0.4, -0.2) is 563 Å². The highest BCUT2D eigenvalue weighted by atomic mass is 16.8. The van der Waals surface area contributed by atoms with Crippen LogP contribution in [0.4, 0.5) is 0 Å². The third-order valence-electron chi connectivity index (χ3n) is 24.3. The first-order valence-electron chi connectivity index (χ1n) is 42.8. The Hall–Kier alpha value is -5.55. The van der Waals surface area contributed by atoms with E-state index in [2.05, 4.69) is 31.9 Å². The third kappa shape index (κ3) is 25.0. The molecule has 10 heterocycles. The van der Waals surface area contributed by atoms with Crippen molar-refractivity contribution in [3.63, 3.8) is 0 Å². The van der Waals surface area contributed by atoms with Crippen LogP contribution in [-0.2, 0) is 124 Å². The van der Waals surface area contributed by atoms with Crippen LogP contribution in [0.25, 0.3) is 0 Å². The number of rotatable bonds is 37. The first-order chi connectivity index (χ1) is 63.7. The van der Waals surface area contributed by atoms with Crippen LogP contribution in [0.15, 0.2) is 0 Å². The highest BCUT2D eigenvalue weighted by Crippen LogP contribution is 2.43. The Bertz CT molecular complexity index is 3820. The van der Waals surface area contributed by atoms with Crippen molar-refractivity contribution in [1.82, 2.24) is 31.9 Å². The first kappa shape index (κ1) is 111. The minimum Gasteiger partial charge on any atom is -0.477 e. The summed E-state index contributed by atoms with van der Waals surface area (Å²) in [5, 5.41) is 331. The predicted octanol–water partition coefficient (Wildman–Crippen LogP) is -22.7. The molecule has 10 aliphatic heterocycles. The fourth-order valence-corrected chi connectivity index (χ4v) is 17.4. The van der Waals surface area contributed by atoms with Gasteiger partial charge in [-0.1, -0.05) is 0 Å². The van der Waals surface area contributed by atoms with Gasteiger partial charge in [-0.3, -0.25) is 28.8 Å². The number of ether oxygens (including phenoxy) is 19. The van der Waals surface area contributed by atoms with Crippen LogP contribution >= 0.6 is 0 Å². The lowest BCUT2D eigenvalue weighted by Gasteiger charge is -2.52. The molecule has 51 atom stereocenters. The van der Waals surface area contributed by atoms with Gasteiger partial charge in [0.25, 0.3) is 5.79 Å². The molecular weight excluding hydrogens is 1850 g/mol. The second kappa shape index (κ2) is 48.5. The lowest BCUT2D eigenvalue weighted by molar-refractivity contribution is -0.408. The van der Waals surface area contributed by atoms with Crippen molar-refractivity contribution in [2.24, 2.45) is 0 Å². The molecule has 0 unspecified atom stereocenters. The van der Waals surface area contributed by atoms with E-state index in [1.807, 2.05) is 0 Å². The lowest BCUT2D eigenvalue weighted by atomic mass is 9.88. The highest BCUT2D eigenvalue weighted by molar-refractivity contribution is 5.77. The molecule has 0 aromatic carbocycles. The minimum atomic E-state index is -3.34. The number of carbonyl (C=O) groups excluding carboxylic acids is 6. The Balaban J connectivity index is 1.05. The zero-order valence-electron chi connectivity index (χ0n) is 72.8. The molecule has 34 N–H and O–H groups in total. The van der Waals surface area contributed by atoms with E-state index in [-0.39, 0.29) is 0 Å². The van der Waals surface area contributed by atoms with Gasteiger partial charge in [0.05, 0.1) is 78.2 Å². The Morgan fingerprint density at radius 1 is 0.304 bits per heavy atom. The second-order valence-corrected chi connectivity index (χ2v) is 33.9. The summed E-state index contributed by atoms with van der Waals surface area (Å²) in [5.41, 5.74) is 0. The van der Waals surface area contributed by atoms with Gasteiger partial charge in [-0.05, 0) is 0 Å². The van der Waals surface area contributed by atoms with Gasteiger partial charge >= 0.3 is 5.97 Å². The van der Waals surface area contributed by atoms with Crippen LogP contribution in [0, 0.1) is 0 Å². The van der Waals surface area contributed by atoms with Gasteiger partial charge in [0.1, 0.15) is 238 Å². The molecule has 10 fully saturated rings. The van der Waals surface area contributed by atoms with Crippen molar-refractivity contribution in [2.45, 2.75) is 360 Å². The molecule has 0 radical (unpaired) electrons. The number of hydrogen-bond acceptors (Lipinski definition) is 53. The number of carboxylic acids is 1. The zero-order chi connectivity index (χ0) is 99.9. The van der Waals surface area contributed by atoms with E-state index < -0.39 is 426 Å². The van der Waals surface area contributed by atoms with Gasteiger partial charge in [-0.2, -0.15) is 0 Å². The number of aliphatic carboxylic acids is 1. The molecule has 6 amide bonds. The molecule has 135 heavy (non-hydrogen) atoms. The Morgan fingerprint density at radius 3 is 1.00 bits per heavy atom. The topological polar surface area (TPSA) is 933 Å². The second-order valence-electron chi connectivity index (χ2n) is 33.9. The van der Waals surface area contributed by atoms with Gasteiger partial charge in [0.15, 0.2) is 56.6 Å². The number of aliphatic hydroxyl groups excluding tert-OH is 27. The number of carbonyl (C=O) groups is 7. The van der Waals surface area contributed by atoms with E-state index in [1.165, 1.54) is 0 Å². The average molecular weight is 1970 g/mol. The molecule has 10 saturated heterocycles. The zero-order valence-corrected chi connectivity index (χ0v) is 72.8. The van der Waals surface area contributed by atoms with E-state index in [9.17, 15) is 177 Å². The maximum atomic E-state index is 13.4. The van der Waals surface area contributed by atoms with E-state index >= 15 is 0 Å². The summed E-state index contributed by atoms with van der Waals surface area (Å²) in [6.07, 6.45) is -101. The van der Waals surface area contributed by atoms with Crippen LogP contribution in [0.3, 0.4) is 0 Å². The smallest absolute Gasteiger partial charge is 0.364 e. The maximum Gasteiger partial charge on any atom is 0.364 e. The summed E-state index contributed by atoms with van der Waals surface area (Å²) in [6, 6.07) is -11.7. The normalized spacial score (nSPS) is 46.4. The molecule has 0 aromatic heterocycles. The highest BCUT2D eigenvalue weighted by Gasteiger charge is 2.65. The van der Waals surface area contributed by atoms with Crippen molar-refractivity contribution in [3.8, 4) is 0 Å². The summed E-state index contributed by atoms with van der Waals surface area (Å²) >= 11 is 0. The number of aliphatic hydroxyl groups is 27. The average Bonchev–Trinajstić information content (AvgIpc) is 0.737. The van der Waals surface area contributed by atoms with E-state index in [0.717, 1.165) is 41.5 Å². The molecule has 10 rings (SSSR count). The molecule has 0 spiro atoms. The Labute approximate surface area is 764 Å². The molecule has 778 valence electrons. The molecule has 0 saturated carbocycles. The number of amides is 6. The summed E-state index contributed by atoms with van der Waals surface area (Å²) in [6.45, 7) is -6.91. The fourth-order valence-electron chi connectivity index (χ4n) is 17.4. The minimum absolute atomic E-state index is 0.833.